The van der Waals surface area contributed by atoms with Crippen LogP contribution in [0.3, 0.4) is 0 Å². The Morgan fingerprint density at radius 3 is 2.31 bits per heavy atom. The van der Waals surface area contributed by atoms with Crippen molar-refractivity contribution < 1.29 is 22.4 Å². The van der Waals surface area contributed by atoms with Crippen LogP contribution in [0.15, 0.2) is 42.5 Å². The SMILES string of the molecule is CCCNC(=O)C(CC)N(Cc1ccc(Cl)cc1Cl)C(=O)CN(c1ccccc1F)S(=O)(=O)N(C)C. The molecule has 12 heteroatoms. The third kappa shape index (κ3) is 7.32. The van der Waals surface area contributed by atoms with Crippen LogP contribution in [-0.2, 0) is 26.3 Å². The summed E-state index contributed by atoms with van der Waals surface area (Å²) >= 11 is 12.3. The van der Waals surface area contributed by atoms with Gasteiger partial charge in [0.15, 0.2) is 0 Å². The maximum absolute atomic E-state index is 14.7. The number of hydrogen-bond donors (Lipinski definition) is 1. The smallest absolute Gasteiger partial charge is 0.304 e. The van der Waals surface area contributed by atoms with Crippen molar-refractivity contribution in [1.29, 1.82) is 0 Å². The lowest BCUT2D eigenvalue weighted by atomic mass is 10.1. The molecule has 8 nitrogen and oxygen atoms in total. The van der Waals surface area contributed by atoms with Gasteiger partial charge in [-0.3, -0.25) is 9.59 Å². The average molecular weight is 562 g/mol. The Labute approximate surface area is 222 Å². The van der Waals surface area contributed by atoms with Crippen LogP contribution in [0.4, 0.5) is 10.1 Å². The van der Waals surface area contributed by atoms with E-state index < -0.39 is 34.5 Å². The van der Waals surface area contributed by atoms with Gasteiger partial charge in [-0.15, -0.1) is 0 Å². The monoisotopic (exact) mass is 560 g/mol. The average Bonchev–Trinajstić information content (AvgIpc) is 2.82. The van der Waals surface area contributed by atoms with Gasteiger partial charge in [0.1, 0.15) is 18.4 Å². The highest BCUT2D eigenvalue weighted by atomic mass is 35.5. The van der Waals surface area contributed by atoms with Crippen molar-refractivity contribution in [1.82, 2.24) is 14.5 Å². The lowest BCUT2D eigenvalue weighted by Crippen LogP contribution is -2.53. The highest BCUT2D eigenvalue weighted by molar-refractivity contribution is 7.90. The molecule has 0 saturated heterocycles. The molecule has 0 radical (unpaired) electrons. The molecule has 0 aliphatic carbocycles. The fourth-order valence-electron chi connectivity index (χ4n) is 3.47. The first kappa shape index (κ1) is 29.8. The van der Waals surface area contributed by atoms with Gasteiger partial charge in [-0.2, -0.15) is 12.7 Å². The number of rotatable bonds is 12. The van der Waals surface area contributed by atoms with Crippen molar-refractivity contribution in [3.8, 4) is 0 Å². The lowest BCUT2D eigenvalue weighted by Gasteiger charge is -2.34. The number of benzene rings is 2. The predicted octanol–water partition coefficient (Wildman–Crippen LogP) is 4.08. The van der Waals surface area contributed by atoms with E-state index in [4.69, 9.17) is 23.2 Å². The second kappa shape index (κ2) is 13.2. The van der Waals surface area contributed by atoms with Crippen molar-refractivity contribution in [3.63, 3.8) is 0 Å². The van der Waals surface area contributed by atoms with Crippen molar-refractivity contribution in [2.24, 2.45) is 0 Å². The van der Waals surface area contributed by atoms with Crippen LogP contribution < -0.4 is 9.62 Å². The third-order valence-corrected chi connectivity index (χ3v) is 7.82. The standard InChI is InChI=1S/C24H31Cl2FN4O4S/c1-5-13-28-24(33)21(6-2)30(15-17-11-12-18(25)14-19(17)26)23(32)16-31(36(34,35)29(3)4)22-10-8-7-9-20(22)27/h7-12,14,21H,5-6,13,15-16H2,1-4H3,(H,28,33). The van der Waals surface area contributed by atoms with E-state index in [1.165, 1.54) is 43.3 Å². The summed E-state index contributed by atoms with van der Waals surface area (Å²) in [5.74, 6) is -1.89. The molecule has 2 amide bonds. The van der Waals surface area contributed by atoms with Crippen molar-refractivity contribution in [3.05, 3.63) is 63.9 Å². The number of hydrogen-bond acceptors (Lipinski definition) is 4. The zero-order valence-electron chi connectivity index (χ0n) is 20.7. The number of anilines is 1. The highest BCUT2D eigenvalue weighted by Crippen LogP contribution is 2.26. The molecule has 0 spiro atoms. The Balaban J connectivity index is 2.54. The van der Waals surface area contributed by atoms with Crippen LogP contribution in [0, 0.1) is 5.82 Å². The summed E-state index contributed by atoms with van der Waals surface area (Å²) in [6.45, 7) is 3.24. The molecule has 0 bridgehead atoms. The van der Waals surface area contributed by atoms with E-state index in [9.17, 15) is 22.4 Å². The number of carbonyl (C=O) groups excluding carboxylic acids is 2. The number of halogens is 3. The van der Waals surface area contributed by atoms with Crippen LogP contribution >= 0.6 is 23.2 Å². The molecule has 36 heavy (non-hydrogen) atoms. The van der Waals surface area contributed by atoms with Crippen LogP contribution in [0.1, 0.15) is 32.3 Å². The minimum atomic E-state index is -4.26. The van der Waals surface area contributed by atoms with Gasteiger partial charge in [-0.1, -0.05) is 55.2 Å². The first-order chi connectivity index (χ1) is 16.9. The molecule has 0 saturated carbocycles. The predicted molar refractivity (Wildman–Crippen MR) is 141 cm³/mol. The Morgan fingerprint density at radius 2 is 1.75 bits per heavy atom. The summed E-state index contributed by atoms with van der Waals surface area (Å²) in [5, 5.41) is 3.47. The quantitative estimate of drug-likeness (QED) is 0.423. The highest BCUT2D eigenvalue weighted by Gasteiger charge is 2.34. The Bertz CT molecular complexity index is 1180. The van der Waals surface area contributed by atoms with E-state index in [1.54, 1.807) is 19.1 Å². The molecule has 2 rings (SSSR count). The largest absolute Gasteiger partial charge is 0.354 e. The van der Waals surface area contributed by atoms with Crippen LogP contribution in [0.25, 0.3) is 0 Å². The summed E-state index contributed by atoms with van der Waals surface area (Å²) in [4.78, 5) is 27.9. The van der Waals surface area contributed by atoms with Crippen molar-refractivity contribution >= 4 is 50.9 Å². The fraction of sp³-hybridized carbons (Fsp3) is 0.417. The molecular formula is C24H31Cl2FN4O4S. The molecule has 2 aromatic carbocycles. The minimum Gasteiger partial charge on any atom is -0.354 e. The minimum absolute atomic E-state index is 0.0833. The summed E-state index contributed by atoms with van der Waals surface area (Å²) in [6.07, 6.45) is 0.952. The van der Waals surface area contributed by atoms with Gasteiger partial charge < -0.3 is 10.2 Å². The number of nitrogens with one attached hydrogen (secondary N) is 1. The van der Waals surface area contributed by atoms with Crippen LogP contribution in [0.2, 0.25) is 10.0 Å². The first-order valence-electron chi connectivity index (χ1n) is 11.4. The summed E-state index contributed by atoms with van der Waals surface area (Å²) in [6, 6.07) is 9.10. The molecule has 0 aliphatic heterocycles. The molecule has 1 unspecified atom stereocenters. The van der Waals surface area contributed by atoms with E-state index in [1.807, 2.05) is 6.92 Å². The van der Waals surface area contributed by atoms with E-state index in [0.717, 1.165) is 10.4 Å². The van der Waals surface area contributed by atoms with Crippen molar-refractivity contribution in [2.75, 3.05) is 31.5 Å². The summed E-state index contributed by atoms with van der Waals surface area (Å²) in [7, 11) is -1.69. The molecular weight excluding hydrogens is 530 g/mol. The number of nitrogens with zero attached hydrogens (tertiary/aromatic N) is 3. The lowest BCUT2D eigenvalue weighted by molar-refractivity contribution is -0.140. The second-order valence-corrected chi connectivity index (χ2v) is 11.1. The summed E-state index contributed by atoms with van der Waals surface area (Å²) in [5.41, 5.74) is 0.233. The van der Waals surface area contributed by atoms with E-state index >= 15 is 0 Å². The van der Waals surface area contributed by atoms with Gasteiger partial charge in [-0.05, 0) is 42.7 Å². The Hall–Kier alpha value is -2.40. The van der Waals surface area contributed by atoms with E-state index in [-0.39, 0.29) is 29.6 Å². The third-order valence-electron chi connectivity index (χ3n) is 5.43. The number of amides is 2. The molecule has 1 N–H and O–H groups in total. The van der Waals surface area contributed by atoms with Gasteiger partial charge in [0.05, 0.1) is 5.69 Å². The molecule has 198 valence electrons. The molecule has 0 aliphatic rings. The maximum atomic E-state index is 14.7. The van der Waals surface area contributed by atoms with Gasteiger partial charge in [-0.25, -0.2) is 8.70 Å². The number of carbonyl (C=O) groups is 2. The first-order valence-corrected chi connectivity index (χ1v) is 13.5. The van der Waals surface area contributed by atoms with E-state index in [0.29, 0.717) is 27.9 Å². The Morgan fingerprint density at radius 1 is 1.08 bits per heavy atom. The van der Waals surface area contributed by atoms with Gasteiger partial charge in [0.2, 0.25) is 11.8 Å². The van der Waals surface area contributed by atoms with Crippen LogP contribution in [-0.4, -0.2) is 62.7 Å². The molecule has 0 fully saturated rings. The van der Waals surface area contributed by atoms with E-state index in [2.05, 4.69) is 5.32 Å². The molecule has 1 atom stereocenters. The summed E-state index contributed by atoms with van der Waals surface area (Å²) < 4.78 is 42.5. The fourth-order valence-corrected chi connectivity index (χ4v) is 5.01. The molecule has 2 aromatic rings. The topological polar surface area (TPSA) is 90.0 Å². The normalized spacial score (nSPS) is 12.3. The van der Waals surface area contributed by atoms with Crippen LogP contribution in [0.5, 0.6) is 0 Å². The molecule has 0 aromatic heterocycles. The zero-order chi connectivity index (χ0) is 27.0. The zero-order valence-corrected chi connectivity index (χ0v) is 23.0. The Kier molecular flexibility index (Phi) is 11.0. The van der Waals surface area contributed by atoms with Gasteiger partial charge >= 0.3 is 10.2 Å². The maximum Gasteiger partial charge on any atom is 0.304 e. The molecule has 0 heterocycles. The second-order valence-electron chi connectivity index (χ2n) is 8.22. The van der Waals surface area contributed by atoms with Gasteiger partial charge in [0.25, 0.3) is 0 Å². The van der Waals surface area contributed by atoms with Crippen molar-refractivity contribution in [2.45, 2.75) is 39.3 Å². The van der Waals surface area contributed by atoms with Gasteiger partial charge in [0, 0.05) is 37.2 Å². The number of para-hydroxylation sites is 1.